The molecule has 2 aliphatic rings. The fourth-order valence-corrected chi connectivity index (χ4v) is 3.46. The van der Waals surface area contributed by atoms with Gasteiger partial charge in [0.15, 0.2) is 0 Å². The summed E-state index contributed by atoms with van der Waals surface area (Å²) in [5, 5.41) is 2.91. The molecule has 0 spiro atoms. The van der Waals surface area contributed by atoms with Gasteiger partial charge in [-0.2, -0.15) is 0 Å². The molecule has 5 nitrogen and oxygen atoms in total. The summed E-state index contributed by atoms with van der Waals surface area (Å²) < 4.78 is 0. The van der Waals surface area contributed by atoms with Crippen LogP contribution in [-0.2, 0) is 14.4 Å². The molecule has 3 unspecified atom stereocenters. The van der Waals surface area contributed by atoms with E-state index in [9.17, 15) is 14.4 Å². The van der Waals surface area contributed by atoms with E-state index in [1.165, 1.54) is 11.9 Å². The predicted molar refractivity (Wildman–Crippen MR) is 81.9 cm³/mol. The lowest BCUT2D eigenvalue weighted by molar-refractivity contribution is -0.138. The lowest BCUT2D eigenvalue weighted by Crippen LogP contribution is -2.33. The fourth-order valence-electron chi connectivity index (χ4n) is 3.46. The van der Waals surface area contributed by atoms with Gasteiger partial charge in [-0.15, -0.1) is 0 Å². The number of hydrogen-bond acceptors (Lipinski definition) is 3. The Hall–Kier alpha value is -2.17. The lowest BCUT2D eigenvalue weighted by atomic mass is 9.75. The number of benzene rings is 1. The van der Waals surface area contributed by atoms with Gasteiger partial charge in [-0.1, -0.05) is 17.7 Å². The van der Waals surface area contributed by atoms with Crippen LogP contribution in [0.15, 0.2) is 24.3 Å². The quantitative estimate of drug-likeness (QED) is 0.849. The Morgan fingerprint density at radius 2 is 1.73 bits per heavy atom. The van der Waals surface area contributed by atoms with Crippen molar-refractivity contribution in [3.05, 3.63) is 29.8 Å². The minimum absolute atomic E-state index is 0.0582. The highest BCUT2D eigenvalue weighted by Gasteiger charge is 2.49. The number of rotatable bonds is 2. The maximum atomic E-state index is 12.4. The Morgan fingerprint density at radius 1 is 1.09 bits per heavy atom. The Balaban J connectivity index is 1.67. The van der Waals surface area contributed by atoms with Gasteiger partial charge in [0, 0.05) is 18.7 Å². The molecule has 1 aromatic carbocycles. The van der Waals surface area contributed by atoms with Gasteiger partial charge in [-0.05, 0) is 38.3 Å². The number of hydrogen-bond donors (Lipinski definition) is 1. The fraction of sp³-hybridized carbons (Fsp3) is 0.471. The third-order valence-electron chi connectivity index (χ3n) is 4.84. The molecule has 1 aromatic rings. The summed E-state index contributed by atoms with van der Waals surface area (Å²) in [6, 6.07) is 7.63. The number of amides is 3. The van der Waals surface area contributed by atoms with Gasteiger partial charge >= 0.3 is 0 Å². The molecule has 3 atom stereocenters. The molecule has 1 heterocycles. The van der Waals surface area contributed by atoms with Crippen LogP contribution in [0.3, 0.4) is 0 Å². The van der Waals surface area contributed by atoms with Crippen molar-refractivity contribution < 1.29 is 14.4 Å². The van der Waals surface area contributed by atoms with Crippen LogP contribution < -0.4 is 5.32 Å². The van der Waals surface area contributed by atoms with Crippen LogP contribution in [0.2, 0.25) is 0 Å². The third-order valence-corrected chi connectivity index (χ3v) is 4.84. The number of likely N-dealkylation sites (tertiary alicyclic amines) is 1. The summed E-state index contributed by atoms with van der Waals surface area (Å²) in [7, 11) is 1.53. The molecule has 116 valence electrons. The molecule has 1 aliphatic heterocycles. The van der Waals surface area contributed by atoms with Crippen molar-refractivity contribution in [1.82, 2.24) is 4.90 Å². The van der Waals surface area contributed by atoms with Crippen molar-refractivity contribution in [3.8, 4) is 0 Å². The summed E-state index contributed by atoms with van der Waals surface area (Å²) in [6.07, 6.45) is 1.74. The van der Waals surface area contributed by atoms with Gasteiger partial charge in [-0.3, -0.25) is 19.3 Å². The van der Waals surface area contributed by atoms with E-state index in [0.717, 1.165) is 11.3 Å². The molecule has 1 N–H and O–H groups in total. The zero-order valence-electron chi connectivity index (χ0n) is 12.8. The number of carbonyl (C=O) groups excluding carboxylic acids is 3. The molecule has 1 aliphatic carbocycles. The number of nitrogens with zero attached hydrogens (tertiary/aromatic N) is 1. The topological polar surface area (TPSA) is 66.5 Å². The molecule has 2 fully saturated rings. The minimum atomic E-state index is -0.319. The molecular formula is C17H20N2O3. The van der Waals surface area contributed by atoms with Crippen LogP contribution in [0, 0.1) is 24.7 Å². The van der Waals surface area contributed by atoms with Gasteiger partial charge in [-0.25, -0.2) is 0 Å². The highest BCUT2D eigenvalue weighted by atomic mass is 16.2. The maximum Gasteiger partial charge on any atom is 0.232 e. The van der Waals surface area contributed by atoms with E-state index in [1.807, 2.05) is 31.2 Å². The summed E-state index contributed by atoms with van der Waals surface area (Å²) >= 11 is 0. The summed E-state index contributed by atoms with van der Waals surface area (Å²) in [4.78, 5) is 37.6. The standard InChI is InChI=1S/C17H20N2O3/c1-10-3-6-12(7-4-10)18-15(20)11-5-8-13-14(9-11)17(22)19(2)16(13)21/h3-4,6-7,11,13-14H,5,8-9H2,1-2H3,(H,18,20). The first-order valence-corrected chi connectivity index (χ1v) is 7.66. The number of imide groups is 1. The van der Waals surface area contributed by atoms with Crippen LogP contribution in [0.25, 0.3) is 0 Å². The second-order valence-electron chi connectivity index (χ2n) is 6.31. The van der Waals surface area contributed by atoms with E-state index in [1.54, 1.807) is 0 Å². The molecule has 5 heteroatoms. The van der Waals surface area contributed by atoms with Crippen molar-refractivity contribution in [3.63, 3.8) is 0 Å². The molecule has 1 saturated carbocycles. The van der Waals surface area contributed by atoms with E-state index >= 15 is 0 Å². The van der Waals surface area contributed by atoms with Crippen LogP contribution >= 0.6 is 0 Å². The Kier molecular flexibility index (Phi) is 3.72. The number of nitrogens with one attached hydrogen (secondary N) is 1. The first-order chi connectivity index (χ1) is 10.5. The van der Waals surface area contributed by atoms with Gasteiger partial charge in [0.05, 0.1) is 11.8 Å². The molecule has 0 aromatic heterocycles. The zero-order chi connectivity index (χ0) is 15.9. The summed E-state index contributed by atoms with van der Waals surface area (Å²) in [6.45, 7) is 1.99. The molecule has 0 radical (unpaired) electrons. The van der Waals surface area contributed by atoms with Gasteiger partial charge < -0.3 is 5.32 Å². The minimum Gasteiger partial charge on any atom is -0.326 e. The number of anilines is 1. The number of aryl methyl sites for hydroxylation is 1. The second-order valence-corrected chi connectivity index (χ2v) is 6.31. The Bertz CT molecular complexity index is 623. The average molecular weight is 300 g/mol. The van der Waals surface area contributed by atoms with E-state index in [-0.39, 0.29) is 35.5 Å². The first-order valence-electron chi connectivity index (χ1n) is 7.66. The van der Waals surface area contributed by atoms with E-state index in [2.05, 4.69) is 5.32 Å². The lowest BCUT2D eigenvalue weighted by Gasteiger charge is -2.27. The Labute approximate surface area is 129 Å². The van der Waals surface area contributed by atoms with Crippen molar-refractivity contribution in [2.75, 3.05) is 12.4 Å². The van der Waals surface area contributed by atoms with Gasteiger partial charge in [0.1, 0.15) is 0 Å². The number of fused-ring (bicyclic) bond motifs is 1. The number of carbonyl (C=O) groups is 3. The molecule has 22 heavy (non-hydrogen) atoms. The van der Waals surface area contributed by atoms with Crippen molar-refractivity contribution in [2.45, 2.75) is 26.2 Å². The Morgan fingerprint density at radius 3 is 2.41 bits per heavy atom. The first kappa shape index (κ1) is 14.8. The summed E-state index contributed by atoms with van der Waals surface area (Å²) in [5.74, 6) is -1.03. The van der Waals surface area contributed by atoms with Gasteiger partial charge in [0.2, 0.25) is 17.7 Å². The van der Waals surface area contributed by atoms with Crippen LogP contribution in [0.5, 0.6) is 0 Å². The van der Waals surface area contributed by atoms with Gasteiger partial charge in [0.25, 0.3) is 0 Å². The van der Waals surface area contributed by atoms with Crippen molar-refractivity contribution in [1.29, 1.82) is 0 Å². The second kappa shape index (κ2) is 5.55. The molecule has 3 amide bonds. The van der Waals surface area contributed by atoms with Crippen molar-refractivity contribution in [2.24, 2.45) is 17.8 Å². The normalized spacial score (nSPS) is 27.7. The SMILES string of the molecule is Cc1ccc(NC(=O)C2CCC3C(=O)N(C)C(=O)C3C2)cc1. The van der Waals surface area contributed by atoms with Crippen LogP contribution in [0.4, 0.5) is 5.69 Å². The molecule has 1 saturated heterocycles. The summed E-state index contributed by atoms with van der Waals surface area (Å²) in [5.41, 5.74) is 1.90. The monoisotopic (exact) mass is 300 g/mol. The molecular weight excluding hydrogens is 280 g/mol. The zero-order valence-corrected chi connectivity index (χ0v) is 12.8. The molecule has 3 rings (SSSR count). The van der Waals surface area contributed by atoms with Crippen molar-refractivity contribution >= 4 is 23.4 Å². The highest BCUT2D eigenvalue weighted by molar-refractivity contribution is 6.05. The van der Waals surface area contributed by atoms with E-state index in [0.29, 0.717) is 19.3 Å². The van der Waals surface area contributed by atoms with Crippen LogP contribution in [0.1, 0.15) is 24.8 Å². The predicted octanol–water partition coefficient (Wildman–Crippen LogP) is 1.96. The van der Waals surface area contributed by atoms with Crippen LogP contribution in [-0.4, -0.2) is 29.7 Å². The smallest absolute Gasteiger partial charge is 0.232 e. The van der Waals surface area contributed by atoms with E-state index < -0.39 is 0 Å². The molecule has 0 bridgehead atoms. The third kappa shape index (κ3) is 2.51. The largest absolute Gasteiger partial charge is 0.326 e. The average Bonchev–Trinajstić information content (AvgIpc) is 2.74. The highest BCUT2D eigenvalue weighted by Crippen LogP contribution is 2.40. The maximum absolute atomic E-state index is 12.4. The van der Waals surface area contributed by atoms with E-state index in [4.69, 9.17) is 0 Å².